The third-order valence-corrected chi connectivity index (χ3v) is 3.56. The van der Waals surface area contributed by atoms with Crippen LogP contribution in [0.3, 0.4) is 0 Å². The average Bonchev–Trinajstić information content (AvgIpc) is 2.85. The highest BCUT2D eigenvalue weighted by molar-refractivity contribution is 9.10. The molecular formula is C12H12BrN5O3. The number of amides is 1. The number of hydrogen-bond donors (Lipinski definition) is 1. The van der Waals surface area contributed by atoms with Gasteiger partial charge >= 0.3 is 0 Å². The predicted octanol–water partition coefficient (Wildman–Crippen LogP) is 1.98. The molecule has 1 aromatic heterocycles. The minimum absolute atomic E-state index is 0.158. The number of aryl methyl sites for hydroxylation is 1. The van der Waals surface area contributed by atoms with Crippen LogP contribution in [0.4, 0.5) is 5.69 Å². The van der Waals surface area contributed by atoms with Gasteiger partial charge < -0.3 is 9.88 Å². The second kappa shape index (κ2) is 6.00. The Balaban J connectivity index is 2.19. The van der Waals surface area contributed by atoms with Crippen LogP contribution in [0.5, 0.6) is 0 Å². The number of carbonyl (C=O) groups excluding carboxylic acids is 1. The molecule has 21 heavy (non-hydrogen) atoms. The van der Waals surface area contributed by atoms with Crippen molar-refractivity contribution in [2.75, 3.05) is 0 Å². The molecule has 0 aliphatic heterocycles. The van der Waals surface area contributed by atoms with E-state index >= 15 is 0 Å². The van der Waals surface area contributed by atoms with Gasteiger partial charge in [-0.05, 0) is 35.0 Å². The molecule has 0 spiro atoms. The van der Waals surface area contributed by atoms with E-state index in [1.807, 2.05) is 0 Å². The van der Waals surface area contributed by atoms with Crippen LogP contribution in [0.2, 0.25) is 0 Å². The summed E-state index contributed by atoms with van der Waals surface area (Å²) in [6, 6.07) is 3.84. The predicted molar refractivity (Wildman–Crippen MR) is 77.7 cm³/mol. The third kappa shape index (κ3) is 3.24. The van der Waals surface area contributed by atoms with Crippen molar-refractivity contribution >= 4 is 27.5 Å². The Hall–Kier alpha value is -2.29. The topological polar surface area (TPSA) is 103 Å². The molecule has 110 valence electrons. The summed E-state index contributed by atoms with van der Waals surface area (Å²) in [5, 5.41) is 21.2. The summed E-state index contributed by atoms with van der Waals surface area (Å²) in [5.74, 6) is 0.177. The molecule has 1 atom stereocenters. The summed E-state index contributed by atoms with van der Waals surface area (Å²) < 4.78 is 2.01. The normalized spacial score (nSPS) is 12.0. The number of benzene rings is 1. The molecule has 0 saturated heterocycles. The van der Waals surface area contributed by atoms with E-state index in [-0.39, 0.29) is 17.3 Å². The van der Waals surface area contributed by atoms with Crippen molar-refractivity contribution in [1.29, 1.82) is 0 Å². The smallest absolute Gasteiger partial charge is 0.284 e. The molecule has 2 aromatic rings. The maximum atomic E-state index is 12.1. The lowest BCUT2D eigenvalue weighted by molar-refractivity contribution is -0.385. The Morgan fingerprint density at radius 3 is 2.81 bits per heavy atom. The number of nitro benzene ring substituents is 1. The van der Waals surface area contributed by atoms with Crippen molar-refractivity contribution in [3.63, 3.8) is 0 Å². The Morgan fingerprint density at radius 2 is 2.24 bits per heavy atom. The molecule has 2 rings (SSSR count). The van der Waals surface area contributed by atoms with Crippen molar-refractivity contribution in [3.8, 4) is 0 Å². The molecule has 1 amide bonds. The number of halogens is 1. The highest BCUT2D eigenvalue weighted by Crippen LogP contribution is 2.25. The molecule has 0 aliphatic carbocycles. The highest BCUT2D eigenvalue weighted by atomic mass is 79.9. The van der Waals surface area contributed by atoms with Gasteiger partial charge in [-0.1, -0.05) is 0 Å². The monoisotopic (exact) mass is 353 g/mol. The van der Waals surface area contributed by atoms with E-state index in [9.17, 15) is 14.9 Å². The van der Waals surface area contributed by atoms with Gasteiger partial charge in [-0.2, -0.15) is 0 Å². The molecule has 1 unspecified atom stereocenters. The van der Waals surface area contributed by atoms with Crippen molar-refractivity contribution in [2.45, 2.75) is 13.0 Å². The van der Waals surface area contributed by atoms with Gasteiger partial charge in [-0.25, -0.2) is 0 Å². The lowest BCUT2D eigenvalue weighted by Crippen LogP contribution is -2.28. The minimum Gasteiger partial charge on any atom is -0.342 e. The Labute approximate surface area is 128 Å². The van der Waals surface area contributed by atoms with Crippen LogP contribution >= 0.6 is 15.9 Å². The quantitative estimate of drug-likeness (QED) is 0.668. The number of aromatic nitrogens is 3. The van der Waals surface area contributed by atoms with Crippen LogP contribution in [-0.4, -0.2) is 25.6 Å². The van der Waals surface area contributed by atoms with Gasteiger partial charge in [-0.15, -0.1) is 10.2 Å². The number of hydrogen-bond acceptors (Lipinski definition) is 5. The van der Waals surface area contributed by atoms with Crippen molar-refractivity contribution in [3.05, 3.63) is 50.5 Å². The molecule has 0 saturated carbocycles. The minimum atomic E-state index is -0.549. The lowest BCUT2D eigenvalue weighted by atomic mass is 10.1. The van der Waals surface area contributed by atoms with E-state index in [2.05, 4.69) is 31.4 Å². The second-order valence-electron chi connectivity index (χ2n) is 4.42. The lowest BCUT2D eigenvalue weighted by Gasteiger charge is -2.13. The Kier molecular flexibility index (Phi) is 4.32. The fourth-order valence-electron chi connectivity index (χ4n) is 1.82. The number of nitro groups is 1. The van der Waals surface area contributed by atoms with Crippen LogP contribution in [0.15, 0.2) is 29.0 Å². The van der Waals surface area contributed by atoms with Gasteiger partial charge in [0.25, 0.3) is 11.6 Å². The highest BCUT2D eigenvalue weighted by Gasteiger charge is 2.19. The Bertz CT molecular complexity index is 700. The van der Waals surface area contributed by atoms with Gasteiger partial charge in [0.1, 0.15) is 6.33 Å². The zero-order chi connectivity index (χ0) is 15.6. The van der Waals surface area contributed by atoms with E-state index < -0.39 is 10.8 Å². The molecule has 1 aromatic carbocycles. The maximum Gasteiger partial charge on any atom is 0.284 e. The molecule has 0 aliphatic rings. The van der Waals surface area contributed by atoms with E-state index in [1.165, 1.54) is 24.5 Å². The molecule has 0 fully saturated rings. The van der Waals surface area contributed by atoms with Gasteiger partial charge in [-0.3, -0.25) is 14.9 Å². The molecule has 8 nitrogen and oxygen atoms in total. The second-order valence-corrected chi connectivity index (χ2v) is 5.27. The number of nitrogens with one attached hydrogen (secondary N) is 1. The van der Waals surface area contributed by atoms with Crippen LogP contribution < -0.4 is 5.32 Å². The van der Waals surface area contributed by atoms with Crippen LogP contribution in [0.25, 0.3) is 0 Å². The first-order chi connectivity index (χ1) is 9.90. The SMILES string of the molecule is CC(NC(=O)c1ccc(Br)c([N+](=O)[O-])c1)c1nncn1C. The van der Waals surface area contributed by atoms with E-state index in [0.717, 1.165) is 0 Å². The number of nitrogens with zero attached hydrogens (tertiary/aromatic N) is 4. The summed E-state index contributed by atoms with van der Waals surface area (Å²) >= 11 is 3.08. The van der Waals surface area contributed by atoms with Crippen LogP contribution in [-0.2, 0) is 7.05 Å². The molecule has 1 heterocycles. The first kappa shape index (κ1) is 15.1. The summed E-state index contributed by atoms with van der Waals surface area (Å²) in [6.07, 6.45) is 1.53. The van der Waals surface area contributed by atoms with Gasteiger partial charge in [0.2, 0.25) is 0 Å². The summed E-state index contributed by atoms with van der Waals surface area (Å²) in [5.41, 5.74) is 0.0490. The van der Waals surface area contributed by atoms with Crippen LogP contribution in [0.1, 0.15) is 29.1 Å². The first-order valence-electron chi connectivity index (χ1n) is 5.99. The fourth-order valence-corrected chi connectivity index (χ4v) is 2.21. The summed E-state index contributed by atoms with van der Waals surface area (Å²) in [4.78, 5) is 22.5. The maximum absolute atomic E-state index is 12.1. The summed E-state index contributed by atoms with van der Waals surface area (Å²) in [6.45, 7) is 1.76. The van der Waals surface area contributed by atoms with E-state index in [4.69, 9.17) is 0 Å². The van der Waals surface area contributed by atoms with Crippen molar-refractivity contribution in [1.82, 2.24) is 20.1 Å². The van der Waals surface area contributed by atoms with Gasteiger partial charge in [0.05, 0.1) is 15.4 Å². The van der Waals surface area contributed by atoms with Crippen LogP contribution in [0, 0.1) is 10.1 Å². The first-order valence-corrected chi connectivity index (χ1v) is 6.78. The molecule has 9 heteroatoms. The van der Waals surface area contributed by atoms with Crippen molar-refractivity contribution < 1.29 is 9.72 Å². The van der Waals surface area contributed by atoms with Gasteiger partial charge in [0.15, 0.2) is 5.82 Å². The number of rotatable bonds is 4. The average molecular weight is 354 g/mol. The molecular weight excluding hydrogens is 342 g/mol. The largest absolute Gasteiger partial charge is 0.342 e. The van der Waals surface area contributed by atoms with E-state index in [0.29, 0.717) is 10.3 Å². The third-order valence-electron chi connectivity index (χ3n) is 2.89. The number of carbonyl (C=O) groups is 1. The molecule has 1 N–H and O–H groups in total. The van der Waals surface area contributed by atoms with Gasteiger partial charge in [0, 0.05) is 18.7 Å². The van der Waals surface area contributed by atoms with E-state index in [1.54, 1.807) is 18.5 Å². The Morgan fingerprint density at radius 1 is 1.52 bits per heavy atom. The van der Waals surface area contributed by atoms with Crippen molar-refractivity contribution in [2.24, 2.45) is 7.05 Å². The molecule has 0 bridgehead atoms. The fraction of sp³-hybridized carbons (Fsp3) is 0.250. The zero-order valence-electron chi connectivity index (χ0n) is 11.3. The standard InChI is InChI=1S/C12H12BrN5O3/c1-7(11-16-14-6-17(11)2)15-12(19)8-3-4-9(13)10(5-8)18(20)21/h3-7H,1-2H3,(H,15,19). The summed E-state index contributed by atoms with van der Waals surface area (Å²) in [7, 11) is 1.77. The zero-order valence-corrected chi connectivity index (χ0v) is 12.9. The molecule has 0 radical (unpaired) electrons.